The van der Waals surface area contributed by atoms with E-state index in [1.54, 1.807) is 12.3 Å². The van der Waals surface area contributed by atoms with Gasteiger partial charge in [-0.1, -0.05) is 6.07 Å². The third-order valence-electron chi connectivity index (χ3n) is 2.97. The molecule has 98 valence electrons. The number of nitrogens with one attached hydrogen (secondary N) is 1. The Hall–Kier alpha value is -1.26. The lowest BCUT2D eigenvalue weighted by atomic mass is 9.97. The summed E-state index contributed by atoms with van der Waals surface area (Å²) in [5.74, 6) is -0.370. The van der Waals surface area contributed by atoms with E-state index < -0.39 is 6.10 Å². The van der Waals surface area contributed by atoms with Gasteiger partial charge in [0.1, 0.15) is 5.82 Å². The fourth-order valence-electron chi connectivity index (χ4n) is 2.02. The lowest BCUT2D eigenvalue weighted by Gasteiger charge is -2.24. The molecule has 0 bridgehead atoms. The van der Waals surface area contributed by atoms with Gasteiger partial charge >= 0.3 is 0 Å². The van der Waals surface area contributed by atoms with Crippen LogP contribution in [0.15, 0.2) is 17.1 Å². The molecule has 0 unspecified atom stereocenters. The second-order valence-corrected chi connectivity index (χ2v) is 5.65. The van der Waals surface area contributed by atoms with E-state index in [4.69, 9.17) is 0 Å². The average molecular weight is 250 g/mol. The predicted octanol–water partition coefficient (Wildman–Crippen LogP) is 2.18. The molecule has 0 fully saturated rings. The highest BCUT2D eigenvalue weighted by Crippen LogP contribution is 2.27. The second kappa shape index (κ2) is 4.78. The molecule has 1 aliphatic heterocycles. The number of hydrogen-bond acceptors (Lipinski definition) is 3. The van der Waals surface area contributed by atoms with Gasteiger partial charge in [0.05, 0.1) is 12.6 Å². The summed E-state index contributed by atoms with van der Waals surface area (Å²) < 4.78 is 13.9. The van der Waals surface area contributed by atoms with Gasteiger partial charge in [-0.15, -0.1) is 0 Å². The fourth-order valence-corrected chi connectivity index (χ4v) is 2.02. The maximum absolute atomic E-state index is 13.9. The van der Waals surface area contributed by atoms with Gasteiger partial charge in [-0.3, -0.25) is 4.99 Å². The van der Waals surface area contributed by atoms with E-state index in [0.29, 0.717) is 18.7 Å². The van der Waals surface area contributed by atoms with E-state index in [0.717, 1.165) is 11.1 Å². The Balaban J connectivity index is 2.23. The van der Waals surface area contributed by atoms with Crippen LogP contribution >= 0.6 is 0 Å². The van der Waals surface area contributed by atoms with Gasteiger partial charge in [-0.2, -0.15) is 0 Å². The summed E-state index contributed by atoms with van der Waals surface area (Å²) in [6.07, 6.45) is 0.789. The fraction of sp³-hybridized carbons (Fsp3) is 0.500. The molecule has 2 rings (SSSR count). The first-order valence-electron chi connectivity index (χ1n) is 6.12. The molecule has 0 saturated heterocycles. The van der Waals surface area contributed by atoms with Crippen LogP contribution < -0.4 is 5.32 Å². The highest BCUT2D eigenvalue weighted by molar-refractivity contribution is 5.86. The van der Waals surface area contributed by atoms with Crippen molar-refractivity contribution < 1.29 is 9.50 Å². The molecule has 4 heteroatoms. The third-order valence-corrected chi connectivity index (χ3v) is 2.97. The Morgan fingerprint density at radius 3 is 2.83 bits per heavy atom. The van der Waals surface area contributed by atoms with Crippen LogP contribution in [0.2, 0.25) is 0 Å². The van der Waals surface area contributed by atoms with Gasteiger partial charge in [0.2, 0.25) is 0 Å². The Labute approximate surface area is 107 Å². The first-order valence-corrected chi connectivity index (χ1v) is 6.12. The Morgan fingerprint density at radius 1 is 1.44 bits per heavy atom. The molecule has 3 nitrogen and oxygen atoms in total. The zero-order valence-electron chi connectivity index (χ0n) is 11.0. The minimum atomic E-state index is -0.858. The first kappa shape index (κ1) is 13.2. The van der Waals surface area contributed by atoms with Crippen LogP contribution in [0.5, 0.6) is 0 Å². The van der Waals surface area contributed by atoms with Crippen molar-refractivity contribution in [3.8, 4) is 0 Å². The number of nitrogens with zero attached hydrogens (tertiary/aromatic N) is 1. The maximum Gasteiger partial charge on any atom is 0.129 e. The summed E-state index contributed by atoms with van der Waals surface area (Å²) in [6.45, 7) is 6.92. The largest absolute Gasteiger partial charge is 0.387 e. The Kier molecular flexibility index (Phi) is 3.50. The molecule has 0 saturated carbocycles. The van der Waals surface area contributed by atoms with Crippen LogP contribution in [0.1, 0.15) is 43.6 Å². The minimum absolute atomic E-state index is 0.108. The van der Waals surface area contributed by atoms with Crippen LogP contribution in [0.3, 0.4) is 0 Å². The Morgan fingerprint density at radius 2 is 2.17 bits per heavy atom. The van der Waals surface area contributed by atoms with Crippen molar-refractivity contribution in [1.82, 2.24) is 5.32 Å². The lowest BCUT2D eigenvalue weighted by molar-refractivity contribution is 0.159. The van der Waals surface area contributed by atoms with Gasteiger partial charge in [-0.25, -0.2) is 4.39 Å². The molecule has 1 aliphatic rings. The molecule has 1 aromatic rings. The highest BCUT2D eigenvalue weighted by atomic mass is 19.1. The van der Waals surface area contributed by atoms with E-state index in [1.165, 1.54) is 6.07 Å². The van der Waals surface area contributed by atoms with Crippen LogP contribution in [-0.2, 0) is 6.54 Å². The molecule has 0 aliphatic carbocycles. The monoisotopic (exact) mass is 250 g/mol. The summed E-state index contributed by atoms with van der Waals surface area (Å²) in [4.78, 5) is 4.12. The molecular weight excluding hydrogens is 231 g/mol. The number of aliphatic hydroxyl groups is 1. The molecule has 18 heavy (non-hydrogen) atoms. The number of aliphatic imine (C=N–C) groups is 1. The average Bonchev–Trinajstić information content (AvgIpc) is 2.72. The molecule has 1 atom stereocenters. The molecule has 0 spiro atoms. The van der Waals surface area contributed by atoms with Gasteiger partial charge in [0.15, 0.2) is 0 Å². The van der Waals surface area contributed by atoms with Crippen molar-refractivity contribution in [3.05, 3.63) is 34.6 Å². The number of fused-ring (bicyclic) bond motifs is 1. The van der Waals surface area contributed by atoms with Gasteiger partial charge < -0.3 is 10.4 Å². The highest BCUT2D eigenvalue weighted by Gasteiger charge is 2.22. The van der Waals surface area contributed by atoms with E-state index in [1.807, 2.05) is 20.8 Å². The molecule has 0 radical (unpaired) electrons. The van der Waals surface area contributed by atoms with Gasteiger partial charge in [0.25, 0.3) is 0 Å². The minimum Gasteiger partial charge on any atom is -0.387 e. The summed E-state index contributed by atoms with van der Waals surface area (Å²) in [5, 5.41) is 13.3. The van der Waals surface area contributed by atoms with Crippen LogP contribution in [0.25, 0.3) is 0 Å². The van der Waals surface area contributed by atoms with E-state index >= 15 is 0 Å². The summed E-state index contributed by atoms with van der Waals surface area (Å²) >= 11 is 0. The van der Waals surface area contributed by atoms with E-state index in [2.05, 4.69) is 10.3 Å². The number of β-amino-alcohol motifs (C(OH)–C–C–N with tert-alkyl or cyclic N) is 1. The zero-order valence-corrected chi connectivity index (χ0v) is 11.0. The van der Waals surface area contributed by atoms with Crippen molar-refractivity contribution in [2.24, 2.45) is 4.99 Å². The number of benzene rings is 1. The predicted molar refractivity (Wildman–Crippen MR) is 70.4 cm³/mol. The quantitative estimate of drug-likeness (QED) is 0.863. The SMILES string of the molecule is CC(C)(C)NC[C@H](O)c1c(F)ccc2c1C=NC2. The molecule has 1 aromatic carbocycles. The van der Waals surface area contributed by atoms with Gasteiger partial charge in [0, 0.05) is 29.4 Å². The number of rotatable bonds is 3. The molecule has 0 amide bonds. The van der Waals surface area contributed by atoms with Crippen LogP contribution in [-0.4, -0.2) is 23.4 Å². The second-order valence-electron chi connectivity index (χ2n) is 5.65. The van der Waals surface area contributed by atoms with Crippen molar-refractivity contribution >= 4 is 6.21 Å². The number of halogens is 1. The molecule has 2 N–H and O–H groups in total. The zero-order chi connectivity index (χ0) is 13.3. The first-order chi connectivity index (χ1) is 8.38. The van der Waals surface area contributed by atoms with E-state index in [-0.39, 0.29) is 11.4 Å². The molecule has 1 heterocycles. The van der Waals surface area contributed by atoms with Gasteiger partial charge in [-0.05, 0) is 32.4 Å². The molecule has 0 aromatic heterocycles. The van der Waals surface area contributed by atoms with E-state index in [9.17, 15) is 9.50 Å². The number of aliphatic hydroxyl groups excluding tert-OH is 1. The smallest absolute Gasteiger partial charge is 0.129 e. The van der Waals surface area contributed by atoms with Crippen molar-refractivity contribution in [1.29, 1.82) is 0 Å². The third kappa shape index (κ3) is 2.76. The maximum atomic E-state index is 13.9. The lowest BCUT2D eigenvalue weighted by Crippen LogP contribution is -2.38. The molecular formula is C14H19FN2O. The van der Waals surface area contributed by atoms with Crippen molar-refractivity contribution in [2.45, 2.75) is 39.0 Å². The standard InChI is InChI=1S/C14H19FN2O/c1-14(2,3)17-8-12(18)13-10-7-16-6-9(10)4-5-11(13)15/h4-5,7,12,17-18H,6,8H2,1-3H3/t12-/m0/s1. The van der Waals surface area contributed by atoms with Crippen molar-refractivity contribution in [3.63, 3.8) is 0 Å². The van der Waals surface area contributed by atoms with Crippen LogP contribution in [0, 0.1) is 5.82 Å². The van der Waals surface area contributed by atoms with Crippen LogP contribution in [0.4, 0.5) is 4.39 Å². The topological polar surface area (TPSA) is 44.6 Å². The number of hydrogen-bond donors (Lipinski definition) is 2. The normalized spacial score (nSPS) is 15.8. The summed E-state index contributed by atoms with van der Waals surface area (Å²) in [5.41, 5.74) is 1.95. The summed E-state index contributed by atoms with van der Waals surface area (Å²) in [6, 6.07) is 3.13. The van der Waals surface area contributed by atoms with Crippen molar-refractivity contribution in [2.75, 3.05) is 6.54 Å². The summed E-state index contributed by atoms with van der Waals surface area (Å²) in [7, 11) is 0. The Bertz CT molecular complexity index is 477.